The lowest BCUT2D eigenvalue weighted by atomic mass is 10.1. The smallest absolute Gasteiger partial charge is 0.307 e. The van der Waals surface area contributed by atoms with Gasteiger partial charge in [0.25, 0.3) is 0 Å². The summed E-state index contributed by atoms with van der Waals surface area (Å²) in [5, 5.41) is 3.46. The Hall–Kier alpha value is -1.66. The second-order valence-electron chi connectivity index (χ2n) is 4.82. The van der Waals surface area contributed by atoms with Crippen LogP contribution in [-0.4, -0.2) is 9.97 Å². The van der Waals surface area contributed by atoms with Crippen molar-refractivity contribution in [1.82, 2.24) is 15.3 Å². The molecular formula is C14H11ClF3N3. The highest BCUT2D eigenvalue weighted by molar-refractivity contribution is 6.30. The molecule has 110 valence electrons. The molecule has 1 N–H and O–H groups in total. The summed E-state index contributed by atoms with van der Waals surface area (Å²) < 4.78 is 39.2. The van der Waals surface area contributed by atoms with Crippen LogP contribution in [0.5, 0.6) is 0 Å². The molecule has 7 heteroatoms. The average molecular weight is 314 g/mol. The molecule has 21 heavy (non-hydrogen) atoms. The lowest BCUT2D eigenvalue weighted by Crippen LogP contribution is -2.16. The van der Waals surface area contributed by atoms with Crippen molar-refractivity contribution in [2.45, 2.75) is 25.7 Å². The number of nitrogens with zero attached hydrogens (tertiary/aromatic N) is 2. The van der Waals surface area contributed by atoms with E-state index in [-0.39, 0.29) is 24.4 Å². The highest BCUT2D eigenvalue weighted by atomic mass is 35.5. The fourth-order valence-electron chi connectivity index (χ4n) is 2.32. The number of hydrogen-bond donors (Lipinski definition) is 1. The first-order valence-electron chi connectivity index (χ1n) is 6.34. The maximum atomic E-state index is 13.1. The number of nitrogens with one attached hydrogen (secondary N) is 1. The van der Waals surface area contributed by atoms with Crippen LogP contribution in [0.25, 0.3) is 0 Å². The fourth-order valence-corrected chi connectivity index (χ4v) is 2.44. The Labute approximate surface area is 124 Å². The van der Waals surface area contributed by atoms with Crippen molar-refractivity contribution in [3.63, 3.8) is 0 Å². The van der Waals surface area contributed by atoms with Crippen LogP contribution in [0.3, 0.4) is 0 Å². The van der Waals surface area contributed by atoms with Crippen molar-refractivity contribution in [3.05, 3.63) is 57.6 Å². The van der Waals surface area contributed by atoms with E-state index >= 15 is 0 Å². The van der Waals surface area contributed by atoms with Crippen molar-refractivity contribution in [3.8, 4) is 0 Å². The van der Waals surface area contributed by atoms with E-state index < -0.39 is 11.9 Å². The average Bonchev–Trinajstić information content (AvgIpc) is 2.87. The Morgan fingerprint density at radius 2 is 1.81 bits per heavy atom. The van der Waals surface area contributed by atoms with E-state index in [0.29, 0.717) is 17.3 Å². The first-order chi connectivity index (χ1) is 9.93. The Morgan fingerprint density at radius 3 is 2.48 bits per heavy atom. The van der Waals surface area contributed by atoms with E-state index in [1.165, 1.54) is 0 Å². The molecule has 2 heterocycles. The largest absolute Gasteiger partial charge is 0.433 e. The Balaban J connectivity index is 1.98. The van der Waals surface area contributed by atoms with Gasteiger partial charge < -0.3 is 5.32 Å². The summed E-state index contributed by atoms with van der Waals surface area (Å²) in [4.78, 5) is 7.96. The van der Waals surface area contributed by atoms with Crippen LogP contribution in [0.2, 0.25) is 5.02 Å². The molecule has 0 saturated carbocycles. The molecular weight excluding hydrogens is 303 g/mol. The lowest BCUT2D eigenvalue weighted by molar-refractivity contribution is -0.142. The molecule has 1 aromatic carbocycles. The minimum Gasteiger partial charge on any atom is -0.307 e. The Morgan fingerprint density at radius 1 is 1.10 bits per heavy atom. The number of rotatable bonds is 2. The Bertz CT molecular complexity index is 668. The van der Waals surface area contributed by atoms with Crippen molar-refractivity contribution in [2.24, 2.45) is 0 Å². The summed E-state index contributed by atoms with van der Waals surface area (Å²) in [6.07, 6.45) is -4.22. The van der Waals surface area contributed by atoms with Crippen LogP contribution in [0, 0.1) is 0 Å². The predicted octanol–water partition coefficient (Wildman–Crippen LogP) is 3.34. The molecule has 3 rings (SSSR count). The van der Waals surface area contributed by atoms with Crippen molar-refractivity contribution in [1.29, 1.82) is 0 Å². The van der Waals surface area contributed by atoms with E-state index in [0.717, 1.165) is 5.56 Å². The zero-order valence-electron chi connectivity index (χ0n) is 10.8. The van der Waals surface area contributed by atoms with Gasteiger partial charge in [-0.05, 0) is 17.7 Å². The molecule has 1 aromatic heterocycles. The summed E-state index contributed by atoms with van der Waals surface area (Å²) in [5.74, 6) is 0.173. The topological polar surface area (TPSA) is 37.8 Å². The molecule has 0 aliphatic carbocycles. The van der Waals surface area contributed by atoms with Crippen LogP contribution >= 0.6 is 11.6 Å². The molecule has 1 aliphatic rings. The van der Waals surface area contributed by atoms with Crippen LogP contribution in [0.15, 0.2) is 24.3 Å². The van der Waals surface area contributed by atoms with Gasteiger partial charge in [-0.15, -0.1) is 0 Å². The third-order valence-corrected chi connectivity index (χ3v) is 3.53. The third kappa shape index (κ3) is 3.01. The van der Waals surface area contributed by atoms with Gasteiger partial charge in [-0.1, -0.05) is 23.7 Å². The maximum absolute atomic E-state index is 13.1. The van der Waals surface area contributed by atoms with E-state index in [9.17, 15) is 13.2 Å². The first-order valence-corrected chi connectivity index (χ1v) is 6.72. The molecule has 1 aliphatic heterocycles. The molecule has 0 unspecified atom stereocenters. The molecule has 0 saturated heterocycles. The molecule has 0 bridgehead atoms. The predicted molar refractivity (Wildman–Crippen MR) is 71.8 cm³/mol. The van der Waals surface area contributed by atoms with Gasteiger partial charge in [0, 0.05) is 30.1 Å². The van der Waals surface area contributed by atoms with Gasteiger partial charge in [0.2, 0.25) is 0 Å². The van der Waals surface area contributed by atoms with Crippen LogP contribution < -0.4 is 5.32 Å². The van der Waals surface area contributed by atoms with Gasteiger partial charge in [-0.25, -0.2) is 9.97 Å². The van der Waals surface area contributed by atoms with E-state index in [2.05, 4.69) is 15.3 Å². The zero-order chi connectivity index (χ0) is 15.0. The second kappa shape index (κ2) is 5.27. The summed E-state index contributed by atoms with van der Waals surface area (Å²) in [6, 6.07) is 6.89. The van der Waals surface area contributed by atoms with E-state index in [1.54, 1.807) is 24.3 Å². The number of benzene rings is 1. The summed E-state index contributed by atoms with van der Waals surface area (Å²) in [6.45, 7) is 0.500. The minimum atomic E-state index is -4.46. The standard InChI is InChI=1S/C14H11ClF3N3/c15-9-3-1-8(2-4-9)5-12-20-11-7-19-6-10(11)13(21-12)14(16,17)18/h1-4,19H,5-7H2. The highest BCUT2D eigenvalue weighted by Crippen LogP contribution is 2.33. The number of aromatic nitrogens is 2. The molecule has 0 atom stereocenters. The monoisotopic (exact) mass is 313 g/mol. The zero-order valence-corrected chi connectivity index (χ0v) is 11.6. The van der Waals surface area contributed by atoms with Gasteiger partial charge in [0.15, 0.2) is 5.69 Å². The normalized spacial score (nSPS) is 14.3. The van der Waals surface area contributed by atoms with Gasteiger partial charge in [-0.3, -0.25) is 0 Å². The quantitative estimate of drug-likeness (QED) is 0.924. The maximum Gasteiger partial charge on any atom is 0.433 e. The van der Waals surface area contributed by atoms with Crippen molar-refractivity contribution < 1.29 is 13.2 Å². The number of alkyl halides is 3. The molecule has 0 amide bonds. The number of fused-ring (bicyclic) bond motifs is 1. The fraction of sp³-hybridized carbons (Fsp3) is 0.286. The lowest BCUT2D eigenvalue weighted by Gasteiger charge is -2.12. The summed E-state index contributed by atoms with van der Waals surface area (Å²) in [5.41, 5.74) is 0.573. The SMILES string of the molecule is FC(F)(F)c1nc(Cc2ccc(Cl)cc2)nc2c1CNC2. The number of halogens is 4. The van der Waals surface area contributed by atoms with Crippen LogP contribution in [0.4, 0.5) is 13.2 Å². The minimum absolute atomic E-state index is 0.155. The highest BCUT2D eigenvalue weighted by Gasteiger charge is 2.38. The number of hydrogen-bond acceptors (Lipinski definition) is 3. The molecule has 0 spiro atoms. The van der Waals surface area contributed by atoms with Crippen molar-refractivity contribution >= 4 is 11.6 Å². The van der Waals surface area contributed by atoms with E-state index in [4.69, 9.17) is 11.6 Å². The van der Waals surface area contributed by atoms with Gasteiger partial charge in [-0.2, -0.15) is 13.2 Å². The molecule has 0 fully saturated rings. The third-order valence-electron chi connectivity index (χ3n) is 3.28. The first kappa shape index (κ1) is 14.3. The van der Waals surface area contributed by atoms with Gasteiger partial charge >= 0.3 is 6.18 Å². The second-order valence-corrected chi connectivity index (χ2v) is 5.25. The molecule has 3 nitrogen and oxygen atoms in total. The van der Waals surface area contributed by atoms with Crippen LogP contribution in [0.1, 0.15) is 28.3 Å². The summed E-state index contributed by atoms with van der Waals surface area (Å²) >= 11 is 5.79. The van der Waals surface area contributed by atoms with Gasteiger partial charge in [0.05, 0.1) is 5.69 Å². The van der Waals surface area contributed by atoms with E-state index in [1.807, 2.05) is 0 Å². The summed E-state index contributed by atoms with van der Waals surface area (Å²) in [7, 11) is 0. The van der Waals surface area contributed by atoms with Gasteiger partial charge in [0.1, 0.15) is 5.82 Å². The molecule has 2 aromatic rings. The van der Waals surface area contributed by atoms with Crippen molar-refractivity contribution in [2.75, 3.05) is 0 Å². The Kier molecular flexibility index (Phi) is 3.59. The molecule has 0 radical (unpaired) electrons. The van der Waals surface area contributed by atoms with Crippen LogP contribution in [-0.2, 0) is 25.7 Å².